The van der Waals surface area contributed by atoms with Crippen LogP contribution in [0.15, 0.2) is 42.5 Å². The predicted molar refractivity (Wildman–Crippen MR) is 117 cm³/mol. The van der Waals surface area contributed by atoms with Gasteiger partial charge in [-0.2, -0.15) is 0 Å². The average Bonchev–Trinajstić information content (AvgIpc) is 3.44. The van der Waals surface area contributed by atoms with E-state index in [0.29, 0.717) is 12.5 Å². The molecule has 9 heteroatoms. The number of hydrogen-bond acceptors (Lipinski definition) is 7. The van der Waals surface area contributed by atoms with Crippen molar-refractivity contribution in [1.29, 1.82) is 0 Å². The van der Waals surface area contributed by atoms with E-state index in [0.717, 1.165) is 54.8 Å². The molecule has 0 unspecified atom stereocenters. The van der Waals surface area contributed by atoms with E-state index in [1.165, 1.54) is 12.1 Å². The molecule has 1 atom stereocenters. The lowest BCUT2D eigenvalue weighted by atomic mass is 10.0. The van der Waals surface area contributed by atoms with Crippen LogP contribution in [0.2, 0.25) is 0 Å². The minimum atomic E-state index is -0.207. The molecule has 0 N–H and O–H groups in total. The molecule has 0 aliphatic carbocycles. The Morgan fingerprint density at radius 1 is 0.969 bits per heavy atom. The van der Waals surface area contributed by atoms with Crippen molar-refractivity contribution in [1.82, 2.24) is 25.1 Å². The fourth-order valence-electron chi connectivity index (χ4n) is 4.54. The highest BCUT2D eigenvalue weighted by Crippen LogP contribution is 2.33. The lowest BCUT2D eigenvalue weighted by Gasteiger charge is -2.41. The summed E-state index contributed by atoms with van der Waals surface area (Å²) in [5.74, 6) is 2.53. The summed E-state index contributed by atoms with van der Waals surface area (Å²) in [5, 5.41) is 12.7. The monoisotopic (exact) mass is 438 g/mol. The van der Waals surface area contributed by atoms with Crippen LogP contribution >= 0.6 is 0 Å². The Kier molecular flexibility index (Phi) is 5.65. The van der Waals surface area contributed by atoms with Gasteiger partial charge < -0.3 is 14.4 Å². The number of tetrazole rings is 1. The van der Waals surface area contributed by atoms with Crippen LogP contribution in [0.3, 0.4) is 0 Å². The summed E-state index contributed by atoms with van der Waals surface area (Å²) in [6, 6.07) is 12.8. The second-order valence-electron chi connectivity index (χ2n) is 8.57. The van der Waals surface area contributed by atoms with E-state index in [2.05, 4.69) is 39.2 Å². The Balaban J connectivity index is 1.31. The molecule has 8 nitrogen and oxygen atoms in total. The largest absolute Gasteiger partial charge is 0.454 e. The first-order valence-corrected chi connectivity index (χ1v) is 11.0. The van der Waals surface area contributed by atoms with Gasteiger partial charge in [0, 0.05) is 31.9 Å². The van der Waals surface area contributed by atoms with E-state index in [9.17, 15) is 4.39 Å². The van der Waals surface area contributed by atoms with Crippen molar-refractivity contribution in [3.8, 4) is 11.5 Å². The van der Waals surface area contributed by atoms with E-state index in [-0.39, 0.29) is 18.7 Å². The summed E-state index contributed by atoms with van der Waals surface area (Å²) in [5.41, 5.74) is 2.12. The lowest BCUT2D eigenvalue weighted by molar-refractivity contribution is 0.135. The molecule has 5 rings (SSSR count). The molecule has 2 aliphatic heterocycles. The molecule has 3 heterocycles. The zero-order chi connectivity index (χ0) is 22.1. The Labute approximate surface area is 186 Å². The van der Waals surface area contributed by atoms with Gasteiger partial charge in [0.1, 0.15) is 5.82 Å². The standard InChI is InChI=1S/C23H27FN6O2/c1-16(2)22(29-11-9-28(10-12-29)19-6-4-18(24)5-7-19)23-25-26-27-30(23)14-17-3-8-20-21(13-17)32-15-31-20/h3-8,13,16,22H,9-12,14-15H2,1-2H3/t22-/m0/s1. The van der Waals surface area contributed by atoms with Crippen LogP contribution in [-0.2, 0) is 6.54 Å². The van der Waals surface area contributed by atoms with Crippen molar-refractivity contribution in [3.05, 3.63) is 59.7 Å². The quantitative estimate of drug-likeness (QED) is 0.586. The first-order valence-electron chi connectivity index (χ1n) is 11.0. The lowest BCUT2D eigenvalue weighted by Crippen LogP contribution is -2.49. The van der Waals surface area contributed by atoms with E-state index in [1.807, 2.05) is 35.0 Å². The third kappa shape index (κ3) is 4.12. The number of rotatable bonds is 6. The molecule has 32 heavy (non-hydrogen) atoms. The maximum absolute atomic E-state index is 13.3. The Morgan fingerprint density at radius 3 is 2.47 bits per heavy atom. The van der Waals surface area contributed by atoms with Crippen molar-refractivity contribution in [3.63, 3.8) is 0 Å². The normalized spacial score (nSPS) is 17.2. The molecular formula is C23H27FN6O2. The van der Waals surface area contributed by atoms with Crippen LogP contribution in [0.5, 0.6) is 11.5 Å². The number of halogens is 1. The van der Waals surface area contributed by atoms with Crippen molar-refractivity contribution < 1.29 is 13.9 Å². The molecule has 0 radical (unpaired) electrons. The highest BCUT2D eigenvalue weighted by molar-refractivity contribution is 5.47. The summed E-state index contributed by atoms with van der Waals surface area (Å²) in [6.07, 6.45) is 0. The van der Waals surface area contributed by atoms with E-state index in [4.69, 9.17) is 9.47 Å². The first kappa shape index (κ1) is 20.7. The predicted octanol–water partition coefficient (Wildman–Crippen LogP) is 3.11. The second kappa shape index (κ2) is 8.74. The molecule has 1 aromatic heterocycles. The van der Waals surface area contributed by atoms with Gasteiger partial charge in [-0.25, -0.2) is 9.07 Å². The smallest absolute Gasteiger partial charge is 0.231 e. The van der Waals surface area contributed by atoms with Crippen LogP contribution in [-0.4, -0.2) is 58.1 Å². The van der Waals surface area contributed by atoms with Gasteiger partial charge in [-0.15, -0.1) is 5.10 Å². The number of nitrogens with zero attached hydrogens (tertiary/aromatic N) is 6. The van der Waals surface area contributed by atoms with Crippen LogP contribution in [0, 0.1) is 11.7 Å². The fraction of sp³-hybridized carbons (Fsp3) is 0.435. The summed E-state index contributed by atoms with van der Waals surface area (Å²) >= 11 is 0. The SMILES string of the molecule is CC(C)[C@@H](c1nnnn1Cc1ccc2c(c1)OCO2)N1CCN(c2ccc(F)cc2)CC1. The van der Waals surface area contributed by atoms with Gasteiger partial charge in [0.25, 0.3) is 0 Å². The number of aromatic nitrogens is 4. The van der Waals surface area contributed by atoms with E-state index >= 15 is 0 Å². The maximum Gasteiger partial charge on any atom is 0.231 e. The zero-order valence-corrected chi connectivity index (χ0v) is 18.3. The molecule has 1 fully saturated rings. The molecule has 2 aliphatic rings. The van der Waals surface area contributed by atoms with Gasteiger partial charge in [-0.3, -0.25) is 4.90 Å². The molecule has 0 bridgehead atoms. The number of fused-ring (bicyclic) bond motifs is 1. The summed E-state index contributed by atoms with van der Waals surface area (Å²) in [6.45, 7) is 8.75. The first-order chi connectivity index (χ1) is 15.6. The molecule has 0 saturated carbocycles. The molecule has 0 spiro atoms. The van der Waals surface area contributed by atoms with Crippen LogP contribution in [0.4, 0.5) is 10.1 Å². The summed E-state index contributed by atoms with van der Waals surface area (Å²) in [4.78, 5) is 4.75. The van der Waals surface area contributed by atoms with Gasteiger partial charge in [0.15, 0.2) is 17.3 Å². The maximum atomic E-state index is 13.3. The van der Waals surface area contributed by atoms with Crippen LogP contribution in [0.25, 0.3) is 0 Å². The van der Waals surface area contributed by atoms with Gasteiger partial charge in [-0.1, -0.05) is 19.9 Å². The number of piperazine rings is 1. The highest BCUT2D eigenvalue weighted by atomic mass is 19.1. The number of ether oxygens (including phenoxy) is 2. The molecular weight excluding hydrogens is 411 g/mol. The van der Waals surface area contributed by atoms with E-state index in [1.54, 1.807) is 0 Å². The Bertz CT molecular complexity index is 1060. The molecule has 2 aromatic carbocycles. The number of anilines is 1. The molecule has 3 aromatic rings. The topological polar surface area (TPSA) is 68.5 Å². The van der Waals surface area contributed by atoms with Crippen LogP contribution < -0.4 is 14.4 Å². The van der Waals surface area contributed by atoms with Crippen molar-refractivity contribution in [2.45, 2.75) is 26.4 Å². The highest BCUT2D eigenvalue weighted by Gasteiger charge is 2.31. The minimum absolute atomic E-state index is 0.106. The van der Waals surface area contributed by atoms with Gasteiger partial charge in [-0.05, 0) is 58.3 Å². The van der Waals surface area contributed by atoms with Crippen molar-refractivity contribution >= 4 is 5.69 Å². The second-order valence-corrected chi connectivity index (χ2v) is 8.57. The third-order valence-corrected chi connectivity index (χ3v) is 6.12. The van der Waals surface area contributed by atoms with Gasteiger partial charge in [0.05, 0.1) is 12.6 Å². The average molecular weight is 439 g/mol. The molecule has 168 valence electrons. The van der Waals surface area contributed by atoms with E-state index < -0.39 is 0 Å². The fourth-order valence-corrected chi connectivity index (χ4v) is 4.54. The van der Waals surface area contributed by atoms with Gasteiger partial charge in [0.2, 0.25) is 6.79 Å². The third-order valence-electron chi connectivity index (χ3n) is 6.12. The van der Waals surface area contributed by atoms with Crippen molar-refractivity contribution in [2.75, 3.05) is 37.9 Å². The van der Waals surface area contributed by atoms with Crippen LogP contribution in [0.1, 0.15) is 31.3 Å². The summed E-state index contributed by atoms with van der Waals surface area (Å²) in [7, 11) is 0. The number of benzene rings is 2. The molecule has 1 saturated heterocycles. The summed E-state index contributed by atoms with van der Waals surface area (Å²) < 4.78 is 26.1. The van der Waals surface area contributed by atoms with Crippen molar-refractivity contribution in [2.24, 2.45) is 5.92 Å². The Morgan fingerprint density at radius 2 is 1.72 bits per heavy atom. The zero-order valence-electron chi connectivity index (χ0n) is 18.3. The minimum Gasteiger partial charge on any atom is -0.454 e. The molecule has 0 amide bonds. The Hall–Kier alpha value is -3.20. The van der Waals surface area contributed by atoms with Gasteiger partial charge >= 0.3 is 0 Å². The number of hydrogen-bond donors (Lipinski definition) is 0.